The molecular formula is C19H28N2O2. The molecule has 2 heterocycles. The molecule has 23 heavy (non-hydrogen) atoms. The van der Waals surface area contributed by atoms with Gasteiger partial charge in [-0.25, -0.2) is 0 Å². The smallest absolute Gasteiger partial charge is 0.225 e. The topological polar surface area (TPSA) is 41.6 Å². The Labute approximate surface area is 139 Å². The van der Waals surface area contributed by atoms with Crippen molar-refractivity contribution in [3.63, 3.8) is 0 Å². The molecular weight excluding hydrogens is 288 g/mol. The molecule has 0 radical (unpaired) electrons. The van der Waals surface area contributed by atoms with Crippen LogP contribution in [0.5, 0.6) is 0 Å². The third kappa shape index (κ3) is 5.05. The molecule has 0 spiro atoms. The summed E-state index contributed by atoms with van der Waals surface area (Å²) >= 11 is 0. The number of carbonyl (C=O) groups excluding carboxylic acids is 1. The zero-order valence-corrected chi connectivity index (χ0v) is 13.9. The second-order valence-electron chi connectivity index (χ2n) is 6.75. The van der Waals surface area contributed by atoms with E-state index in [-0.39, 0.29) is 12.0 Å². The van der Waals surface area contributed by atoms with Gasteiger partial charge in [0.05, 0.1) is 19.1 Å². The van der Waals surface area contributed by atoms with Crippen molar-refractivity contribution in [2.24, 2.45) is 5.92 Å². The number of nitrogens with one attached hydrogen (secondary N) is 1. The highest BCUT2D eigenvalue weighted by Crippen LogP contribution is 2.23. The molecule has 2 aliphatic rings. The maximum absolute atomic E-state index is 12.4. The predicted molar refractivity (Wildman–Crippen MR) is 91.3 cm³/mol. The Bertz CT molecular complexity index is 477. The number of carbonyl (C=O) groups is 1. The number of likely N-dealkylation sites (tertiary alicyclic amines) is 1. The monoisotopic (exact) mass is 316 g/mol. The average Bonchev–Trinajstić information content (AvgIpc) is 2.62. The summed E-state index contributed by atoms with van der Waals surface area (Å²) in [5.41, 5.74) is 1.42. The largest absolute Gasteiger partial charge is 0.375 e. The Kier molecular flexibility index (Phi) is 6.06. The fraction of sp³-hybridized carbons (Fsp3) is 0.632. The summed E-state index contributed by atoms with van der Waals surface area (Å²) < 4.78 is 5.64. The van der Waals surface area contributed by atoms with Gasteiger partial charge in [-0.2, -0.15) is 0 Å². The first-order chi connectivity index (χ1) is 11.3. The molecule has 1 amide bonds. The minimum atomic E-state index is 0.0621. The lowest BCUT2D eigenvalue weighted by Crippen LogP contribution is -2.44. The number of morpholine rings is 1. The van der Waals surface area contributed by atoms with E-state index in [9.17, 15) is 4.79 Å². The van der Waals surface area contributed by atoms with Gasteiger partial charge in [-0.3, -0.25) is 4.79 Å². The van der Waals surface area contributed by atoms with Gasteiger partial charge >= 0.3 is 0 Å². The van der Waals surface area contributed by atoms with Gasteiger partial charge in [-0.1, -0.05) is 30.3 Å². The molecule has 1 aromatic carbocycles. The lowest BCUT2D eigenvalue weighted by atomic mass is 9.90. The number of hydrogen-bond donors (Lipinski definition) is 1. The molecule has 0 bridgehead atoms. The summed E-state index contributed by atoms with van der Waals surface area (Å²) in [5, 5.41) is 3.29. The van der Waals surface area contributed by atoms with E-state index in [1.807, 2.05) is 4.90 Å². The van der Waals surface area contributed by atoms with Gasteiger partial charge in [0.15, 0.2) is 0 Å². The van der Waals surface area contributed by atoms with Gasteiger partial charge in [0.1, 0.15) is 0 Å². The molecule has 1 atom stereocenters. The van der Waals surface area contributed by atoms with Crippen LogP contribution in [0, 0.1) is 5.92 Å². The maximum Gasteiger partial charge on any atom is 0.225 e. The minimum absolute atomic E-state index is 0.0621. The van der Waals surface area contributed by atoms with Crippen LogP contribution in [0.4, 0.5) is 0 Å². The maximum atomic E-state index is 12.4. The summed E-state index contributed by atoms with van der Waals surface area (Å²) in [6.07, 6.45) is 5.27. The molecule has 0 aliphatic carbocycles. The summed E-state index contributed by atoms with van der Waals surface area (Å²) in [6, 6.07) is 10.7. The third-order valence-corrected chi connectivity index (χ3v) is 5.06. The number of hydrogen-bond acceptors (Lipinski definition) is 3. The van der Waals surface area contributed by atoms with Crippen molar-refractivity contribution < 1.29 is 9.53 Å². The first kappa shape index (κ1) is 16.5. The number of rotatable bonds is 5. The number of nitrogens with zero attached hydrogens (tertiary/aromatic N) is 1. The first-order valence-electron chi connectivity index (χ1n) is 8.95. The molecule has 4 nitrogen and oxygen atoms in total. The lowest BCUT2D eigenvalue weighted by Gasteiger charge is -2.33. The third-order valence-electron chi connectivity index (χ3n) is 5.06. The normalized spacial score (nSPS) is 23.0. The molecule has 126 valence electrons. The van der Waals surface area contributed by atoms with Crippen LogP contribution in [0.1, 0.15) is 31.2 Å². The van der Waals surface area contributed by atoms with E-state index >= 15 is 0 Å². The minimum Gasteiger partial charge on any atom is -0.375 e. The first-order valence-corrected chi connectivity index (χ1v) is 8.95. The fourth-order valence-corrected chi connectivity index (χ4v) is 3.56. The van der Waals surface area contributed by atoms with E-state index in [1.54, 1.807) is 0 Å². The molecule has 0 unspecified atom stereocenters. The molecule has 2 aliphatic heterocycles. The van der Waals surface area contributed by atoms with Crippen molar-refractivity contribution in [3.8, 4) is 0 Å². The van der Waals surface area contributed by atoms with E-state index in [1.165, 1.54) is 12.0 Å². The van der Waals surface area contributed by atoms with Crippen LogP contribution in [0.3, 0.4) is 0 Å². The molecule has 2 fully saturated rings. The van der Waals surface area contributed by atoms with E-state index in [0.717, 1.165) is 58.0 Å². The second kappa shape index (κ2) is 8.46. The zero-order chi connectivity index (χ0) is 15.9. The van der Waals surface area contributed by atoms with E-state index in [0.29, 0.717) is 6.42 Å². The van der Waals surface area contributed by atoms with Gasteiger partial charge < -0.3 is 15.0 Å². The molecule has 0 saturated carbocycles. The van der Waals surface area contributed by atoms with Crippen molar-refractivity contribution >= 4 is 5.91 Å². The number of benzene rings is 1. The number of aryl methyl sites for hydroxylation is 1. The molecule has 1 aromatic rings. The van der Waals surface area contributed by atoms with Crippen LogP contribution in [-0.4, -0.2) is 49.7 Å². The highest BCUT2D eigenvalue weighted by atomic mass is 16.5. The van der Waals surface area contributed by atoms with Gasteiger partial charge in [0.2, 0.25) is 5.91 Å². The van der Waals surface area contributed by atoms with Crippen LogP contribution in [0.15, 0.2) is 30.3 Å². The number of amides is 1. The van der Waals surface area contributed by atoms with Crippen molar-refractivity contribution in [3.05, 3.63) is 35.9 Å². The van der Waals surface area contributed by atoms with Crippen molar-refractivity contribution in [2.75, 3.05) is 32.8 Å². The molecule has 4 heteroatoms. The van der Waals surface area contributed by atoms with Crippen molar-refractivity contribution in [2.45, 2.75) is 38.2 Å². The van der Waals surface area contributed by atoms with Crippen LogP contribution < -0.4 is 5.32 Å². The molecule has 0 aromatic heterocycles. The Morgan fingerprint density at radius 1 is 1.22 bits per heavy atom. The van der Waals surface area contributed by atoms with Gasteiger partial charge in [-0.15, -0.1) is 0 Å². The summed E-state index contributed by atoms with van der Waals surface area (Å²) in [6.45, 7) is 4.26. The van der Waals surface area contributed by atoms with Crippen molar-refractivity contribution in [1.29, 1.82) is 0 Å². The van der Waals surface area contributed by atoms with E-state index in [2.05, 4.69) is 35.6 Å². The zero-order valence-electron chi connectivity index (χ0n) is 13.9. The number of piperidine rings is 1. The van der Waals surface area contributed by atoms with Crippen LogP contribution in [0.25, 0.3) is 0 Å². The SMILES string of the molecule is O=C(C[C@@H]1CNCCO1)N1CCC(CCc2ccccc2)CC1. The number of ether oxygens (including phenoxy) is 1. The molecule has 1 N–H and O–H groups in total. The Morgan fingerprint density at radius 2 is 2.00 bits per heavy atom. The lowest BCUT2D eigenvalue weighted by molar-refractivity contribution is -0.136. The van der Waals surface area contributed by atoms with E-state index < -0.39 is 0 Å². The summed E-state index contributed by atoms with van der Waals surface area (Å²) in [5.74, 6) is 1.02. The van der Waals surface area contributed by atoms with Crippen LogP contribution in [-0.2, 0) is 16.0 Å². The summed E-state index contributed by atoms with van der Waals surface area (Å²) in [4.78, 5) is 14.4. The molecule has 3 rings (SSSR count). The van der Waals surface area contributed by atoms with Crippen molar-refractivity contribution in [1.82, 2.24) is 10.2 Å². The highest BCUT2D eigenvalue weighted by molar-refractivity contribution is 5.76. The Hall–Kier alpha value is -1.39. The van der Waals surface area contributed by atoms with Gasteiger partial charge in [0, 0.05) is 26.2 Å². The highest BCUT2D eigenvalue weighted by Gasteiger charge is 2.25. The van der Waals surface area contributed by atoms with E-state index in [4.69, 9.17) is 4.74 Å². The predicted octanol–water partition coefficient (Wildman–Crippen LogP) is 2.24. The van der Waals surface area contributed by atoms with Crippen LogP contribution >= 0.6 is 0 Å². The van der Waals surface area contributed by atoms with Crippen LogP contribution in [0.2, 0.25) is 0 Å². The second-order valence-corrected chi connectivity index (χ2v) is 6.75. The summed E-state index contributed by atoms with van der Waals surface area (Å²) in [7, 11) is 0. The quantitative estimate of drug-likeness (QED) is 0.906. The average molecular weight is 316 g/mol. The van der Waals surface area contributed by atoms with Gasteiger partial charge in [-0.05, 0) is 37.2 Å². The molecule has 2 saturated heterocycles. The fourth-order valence-electron chi connectivity index (χ4n) is 3.56. The Balaban J connectivity index is 1.37. The Morgan fingerprint density at radius 3 is 2.70 bits per heavy atom. The standard InChI is InChI=1S/C19H28N2O2/c22-19(14-18-15-20-10-13-23-18)21-11-8-17(9-12-21)7-6-16-4-2-1-3-5-16/h1-5,17-18,20H,6-15H2/t18-/m1/s1. The van der Waals surface area contributed by atoms with Gasteiger partial charge in [0.25, 0.3) is 0 Å².